The Labute approximate surface area is 157 Å². The molecule has 0 unspecified atom stereocenters. The summed E-state index contributed by atoms with van der Waals surface area (Å²) in [7, 11) is 3.46. The van der Waals surface area contributed by atoms with Gasteiger partial charge in [-0.25, -0.2) is 0 Å². The van der Waals surface area contributed by atoms with E-state index in [1.165, 1.54) is 4.90 Å². The molecule has 0 radical (unpaired) electrons. The summed E-state index contributed by atoms with van der Waals surface area (Å²) in [5, 5.41) is 4.50. The molecule has 134 valence electrons. The van der Waals surface area contributed by atoms with Crippen molar-refractivity contribution >= 4 is 46.1 Å². The highest BCUT2D eigenvalue weighted by Crippen LogP contribution is 2.27. The Bertz CT molecular complexity index is 958. The molecule has 4 rings (SSSR count). The van der Waals surface area contributed by atoms with Crippen molar-refractivity contribution in [2.45, 2.75) is 25.4 Å². The van der Waals surface area contributed by atoms with Gasteiger partial charge in [-0.15, -0.1) is 0 Å². The largest absolute Gasteiger partial charge is 0.352 e. The first-order valence-electron chi connectivity index (χ1n) is 8.60. The second-order valence-electron chi connectivity index (χ2n) is 6.81. The maximum absolute atomic E-state index is 12.4. The number of thiocarbonyl (C=S) groups is 1. The summed E-state index contributed by atoms with van der Waals surface area (Å²) in [6, 6.07) is 8.23. The Morgan fingerprint density at radius 2 is 2.00 bits per heavy atom. The lowest BCUT2D eigenvalue weighted by Gasteiger charge is -2.10. The molecule has 7 heteroatoms. The Balaban J connectivity index is 1.71. The number of carbonyl (C=O) groups is 2. The Hall–Kier alpha value is -2.67. The molecule has 1 saturated carbocycles. The number of rotatable bonds is 4. The van der Waals surface area contributed by atoms with Crippen molar-refractivity contribution in [3.8, 4) is 0 Å². The first-order chi connectivity index (χ1) is 12.5. The maximum atomic E-state index is 12.4. The zero-order chi connectivity index (χ0) is 18.4. The molecule has 1 aromatic carbocycles. The molecule has 2 heterocycles. The Morgan fingerprint density at radius 3 is 2.65 bits per heavy atom. The quantitative estimate of drug-likeness (QED) is 0.662. The van der Waals surface area contributed by atoms with Crippen molar-refractivity contribution in [1.82, 2.24) is 19.7 Å². The van der Waals surface area contributed by atoms with Gasteiger partial charge >= 0.3 is 0 Å². The summed E-state index contributed by atoms with van der Waals surface area (Å²) in [4.78, 5) is 27.8. The van der Waals surface area contributed by atoms with Crippen LogP contribution in [-0.4, -0.2) is 51.4 Å². The van der Waals surface area contributed by atoms with Crippen LogP contribution in [0.25, 0.3) is 17.0 Å². The van der Waals surface area contributed by atoms with E-state index in [4.69, 9.17) is 12.2 Å². The first kappa shape index (κ1) is 16.8. The van der Waals surface area contributed by atoms with Gasteiger partial charge in [0.15, 0.2) is 5.11 Å². The van der Waals surface area contributed by atoms with E-state index in [1.54, 1.807) is 19.0 Å². The molecule has 1 aliphatic carbocycles. The van der Waals surface area contributed by atoms with Crippen LogP contribution in [0.5, 0.6) is 0 Å². The van der Waals surface area contributed by atoms with Crippen LogP contribution in [0.15, 0.2) is 36.2 Å². The molecule has 26 heavy (non-hydrogen) atoms. The van der Waals surface area contributed by atoms with Crippen LogP contribution in [0, 0.1) is 0 Å². The highest BCUT2D eigenvalue weighted by Gasteiger charge is 2.33. The number of hydrogen-bond donors (Lipinski definition) is 1. The van der Waals surface area contributed by atoms with Gasteiger partial charge in [0.1, 0.15) is 12.2 Å². The molecular formula is C19H20N4O2S. The van der Waals surface area contributed by atoms with Crippen LogP contribution < -0.4 is 5.32 Å². The highest BCUT2D eigenvalue weighted by atomic mass is 32.1. The molecule has 2 fully saturated rings. The summed E-state index contributed by atoms with van der Waals surface area (Å²) in [5.74, 6) is -0.108. The average molecular weight is 368 g/mol. The molecule has 0 atom stereocenters. The first-order valence-corrected chi connectivity index (χ1v) is 9.01. The van der Waals surface area contributed by atoms with E-state index >= 15 is 0 Å². The average Bonchev–Trinajstić information content (AvgIpc) is 3.35. The number of benzene rings is 1. The molecule has 1 saturated heterocycles. The van der Waals surface area contributed by atoms with Gasteiger partial charge in [-0.05, 0) is 37.2 Å². The van der Waals surface area contributed by atoms with E-state index in [1.807, 2.05) is 41.1 Å². The number of likely N-dealkylation sites (N-methyl/N-ethyl adjacent to an activating group) is 2. The smallest absolute Gasteiger partial charge is 0.276 e. The second-order valence-corrected chi connectivity index (χ2v) is 7.17. The van der Waals surface area contributed by atoms with E-state index in [2.05, 4.69) is 5.32 Å². The minimum Gasteiger partial charge on any atom is -0.352 e. The van der Waals surface area contributed by atoms with Gasteiger partial charge in [-0.2, -0.15) is 0 Å². The lowest BCUT2D eigenvalue weighted by atomic mass is 10.1. The summed E-state index contributed by atoms with van der Waals surface area (Å²) in [5.41, 5.74) is 2.39. The van der Waals surface area contributed by atoms with Crippen molar-refractivity contribution in [2.75, 3.05) is 14.1 Å². The Morgan fingerprint density at radius 1 is 1.27 bits per heavy atom. The van der Waals surface area contributed by atoms with Crippen LogP contribution in [0.3, 0.4) is 0 Å². The van der Waals surface area contributed by atoms with Gasteiger partial charge in [0.2, 0.25) is 5.91 Å². The Kier molecular flexibility index (Phi) is 4.03. The molecular weight excluding hydrogens is 348 g/mol. The number of fused-ring (bicyclic) bond motifs is 1. The van der Waals surface area contributed by atoms with Gasteiger partial charge in [0.25, 0.3) is 5.91 Å². The molecule has 2 amide bonds. The van der Waals surface area contributed by atoms with Crippen LogP contribution in [0.2, 0.25) is 0 Å². The van der Waals surface area contributed by atoms with Crippen LogP contribution >= 0.6 is 12.2 Å². The maximum Gasteiger partial charge on any atom is 0.276 e. The molecule has 0 bridgehead atoms. The minimum absolute atomic E-state index is 0.0161. The third-order valence-electron chi connectivity index (χ3n) is 4.83. The number of aromatic nitrogens is 1. The fourth-order valence-electron chi connectivity index (χ4n) is 3.21. The minimum atomic E-state index is -0.124. The zero-order valence-corrected chi connectivity index (χ0v) is 15.5. The molecule has 2 aliphatic rings. The van der Waals surface area contributed by atoms with Crippen molar-refractivity contribution in [2.24, 2.45) is 0 Å². The number of nitrogens with zero attached hydrogens (tertiary/aromatic N) is 3. The lowest BCUT2D eigenvalue weighted by molar-refractivity contribution is -0.122. The number of para-hydroxylation sites is 1. The summed E-state index contributed by atoms with van der Waals surface area (Å²) in [6.07, 6.45) is 5.90. The van der Waals surface area contributed by atoms with Crippen LogP contribution in [-0.2, 0) is 16.1 Å². The van der Waals surface area contributed by atoms with E-state index in [9.17, 15) is 9.59 Å². The molecule has 2 aromatic rings. The van der Waals surface area contributed by atoms with Crippen LogP contribution in [0.4, 0.5) is 0 Å². The standard InChI is InChI=1S/C19H20N4O2S/c1-21-16(18(25)22(2)19(21)26)9-12-10-23(11-17(24)20-13-7-8-13)15-6-4-3-5-14(12)15/h3-6,9-10,13H,7-8,11H2,1-2H3,(H,20,24). The van der Waals surface area contributed by atoms with E-state index in [-0.39, 0.29) is 18.4 Å². The van der Waals surface area contributed by atoms with Gasteiger partial charge in [-0.1, -0.05) is 18.2 Å². The molecule has 0 spiro atoms. The molecule has 6 nitrogen and oxygen atoms in total. The number of amides is 2. The topological polar surface area (TPSA) is 57.6 Å². The normalized spacial score (nSPS) is 19.1. The summed E-state index contributed by atoms with van der Waals surface area (Å²) >= 11 is 5.27. The van der Waals surface area contributed by atoms with Crippen molar-refractivity contribution in [3.05, 3.63) is 41.7 Å². The molecule has 1 aromatic heterocycles. The van der Waals surface area contributed by atoms with Gasteiger partial charge < -0.3 is 14.8 Å². The predicted molar refractivity (Wildman–Crippen MR) is 104 cm³/mol. The van der Waals surface area contributed by atoms with E-state index in [0.717, 1.165) is 29.3 Å². The van der Waals surface area contributed by atoms with E-state index < -0.39 is 0 Å². The predicted octanol–water partition coefficient (Wildman–Crippen LogP) is 1.95. The zero-order valence-electron chi connectivity index (χ0n) is 14.7. The summed E-state index contributed by atoms with van der Waals surface area (Å²) < 4.78 is 1.93. The number of carbonyl (C=O) groups excluding carboxylic acids is 2. The summed E-state index contributed by atoms with van der Waals surface area (Å²) in [6.45, 7) is 0.266. The number of nitrogens with one attached hydrogen (secondary N) is 1. The third-order valence-corrected chi connectivity index (χ3v) is 5.37. The van der Waals surface area contributed by atoms with Gasteiger partial charge in [0, 0.05) is 42.8 Å². The van der Waals surface area contributed by atoms with Gasteiger partial charge in [-0.3, -0.25) is 14.5 Å². The van der Waals surface area contributed by atoms with Crippen molar-refractivity contribution in [3.63, 3.8) is 0 Å². The van der Waals surface area contributed by atoms with E-state index in [0.29, 0.717) is 16.9 Å². The van der Waals surface area contributed by atoms with Gasteiger partial charge in [0.05, 0.1) is 0 Å². The van der Waals surface area contributed by atoms with Crippen molar-refractivity contribution in [1.29, 1.82) is 0 Å². The second kappa shape index (κ2) is 6.25. The van der Waals surface area contributed by atoms with Crippen molar-refractivity contribution < 1.29 is 9.59 Å². The van der Waals surface area contributed by atoms with Crippen LogP contribution in [0.1, 0.15) is 18.4 Å². The number of hydrogen-bond acceptors (Lipinski definition) is 3. The monoisotopic (exact) mass is 368 g/mol. The lowest BCUT2D eigenvalue weighted by Crippen LogP contribution is -2.29. The fraction of sp³-hybridized carbons (Fsp3) is 0.316. The fourth-order valence-corrected chi connectivity index (χ4v) is 3.39. The third kappa shape index (κ3) is 2.88. The molecule has 1 N–H and O–H groups in total. The SMILES string of the molecule is CN1C(=O)C(=Cc2cn(CC(=O)NC3CC3)c3ccccc23)N(C)C1=S. The highest BCUT2D eigenvalue weighted by molar-refractivity contribution is 7.80. The molecule has 1 aliphatic heterocycles.